The van der Waals surface area contributed by atoms with Gasteiger partial charge in [-0.1, -0.05) is 6.42 Å². The van der Waals surface area contributed by atoms with Crippen molar-refractivity contribution in [2.45, 2.75) is 69.5 Å². The van der Waals surface area contributed by atoms with E-state index in [1.54, 1.807) is 0 Å². The summed E-state index contributed by atoms with van der Waals surface area (Å²) in [4.78, 5) is 16.8. The standard InChI is InChI=1S/C15H27N3O/c16-12-10-13-4-3-5-14(11-12)18(13)9-6-15(19)17-7-1-2-8-17/h12-14H,1-11,16H2. The molecule has 2 bridgehead atoms. The molecule has 2 N–H and O–H groups in total. The van der Waals surface area contributed by atoms with Crippen LogP contribution >= 0.6 is 0 Å². The van der Waals surface area contributed by atoms with Gasteiger partial charge in [0.2, 0.25) is 5.91 Å². The van der Waals surface area contributed by atoms with Gasteiger partial charge in [0.1, 0.15) is 0 Å². The van der Waals surface area contributed by atoms with Gasteiger partial charge in [0, 0.05) is 44.2 Å². The molecule has 0 spiro atoms. The largest absolute Gasteiger partial charge is 0.343 e. The molecule has 0 aromatic rings. The highest BCUT2D eigenvalue weighted by Gasteiger charge is 2.37. The van der Waals surface area contributed by atoms with Crippen LogP contribution in [0.5, 0.6) is 0 Å². The minimum atomic E-state index is 0.366. The zero-order valence-electron chi connectivity index (χ0n) is 11.9. The fourth-order valence-corrected chi connectivity index (χ4v) is 4.24. The predicted octanol–water partition coefficient (Wildman–Crippen LogP) is 1.34. The third-order valence-electron chi connectivity index (χ3n) is 5.21. The van der Waals surface area contributed by atoms with Gasteiger partial charge in [0.15, 0.2) is 0 Å². The highest BCUT2D eigenvalue weighted by atomic mass is 16.2. The average molecular weight is 265 g/mol. The molecule has 0 aliphatic carbocycles. The van der Waals surface area contributed by atoms with Gasteiger partial charge in [0.25, 0.3) is 0 Å². The lowest BCUT2D eigenvalue weighted by atomic mass is 9.82. The summed E-state index contributed by atoms with van der Waals surface area (Å²) in [5.74, 6) is 0.366. The molecule has 2 unspecified atom stereocenters. The van der Waals surface area contributed by atoms with Crippen LogP contribution in [0, 0.1) is 0 Å². The molecule has 3 heterocycles. The Labute approximate surface area is 116 Å². The van der Waals surface area contributed by atoms with E-state index >= 15 is 0 Å². The maximum Gasteiger partial charge on any atom is 0.223 e. The number of nitrogens with two attached hydrogens (primary N) is 1. The quantitative estimate of drug-likeness (QED) is 0.838. The van der Waals surface area contributed by atoms with E-state index < -0.39 is 0 Å². The zero-order chi connectivity index (χ0) is 13.2. The van der Waals surface area contributed by atoms with Gasteiger partial charge in [-0.15, -0.1) is 0 Å². The SMILES string of the molecule is NC1CC2CCCC(C1)N2CCC(=O)N1CCCC1. The fraction of sp³-hybridized carbons (Fsp3) is 0.933. The molecule has 0 saturated carbocycles. The molecule has 0 aromatic heterocycles. The van der Waals surface area contributed by atoms with E-state index in [2.05, 4.69) is 4.90 Å². The molecule has 4 nitrogen and oxygen atoms in total. The topological polar surface area (TPSA) is 49.6 Å². The van der Waals surface area contributed by atoms with Gasteiger partial charge >= 0.3 is 0 Å². The van der Waals surface area contributed by atoms with E-state index in [9.17, 15) is 4.79 Å². The van der Waals surface area contributed by atoms with Crippen LogP contribution in [0.2, 0.25) is 0 Å². The average Bonchev–Trinajstić information content (AvgIpc) is 2.89. The van der Waals surface area contributed by atoms with Crippen molar-refractivity contribution in [3.05, 3.63) is 0 Å². The number of carbonyl (C=O) groups excluding carboxylic acids is 1. The van der Waals surface area contributed by atoms with E-state index in [-0.39, 0.29) is 0 Å². The summed E-state index contributed by atoms with van der Waals surface area (Å²) in [5, 5.41) is 0. The van der Waals surface area contributed by atoms with Gasteiger partial charge in [-0.05, 0) is 38.5 Å². The van der Waals surface area contributed by atoms with Crippen molar-refractivity contribution >= 4 is 5.91 Å². The Balaban J connectivity index is 1.52. The van der Waals surface area contributed by atoms with Crippen molar-refractivity contribution in [2.24, 2.45) is 5.73 Å². The van der Waals surface area contributed by atoms with E-state index in [0.717, 1.165) is 32.5 Å². The Morgan fingerprint density at radius 3 is 2.32 bits per heavy atom. The molecule has 108 valence electrons. The number of piperidine rings is 2. The summed E-state index contributed by atoms with van der Waals surface area (Å²) in [6.45, 7) is 2.92. The Kier molecular flexibility index (Phi) is 4.08. The van der Waals surface area contributed by atoms with Crippen molar-refractivity contribution in [1.29, 1.82) is 0 Å². The minimum Gasteiger partial charge on any atom is -0.343 e. The zero-order valence-corrected chi connectivity index (χ0v) is 11.9. The van der Waals surface area contributed by atoms with Crippen LogP contribution in [0.15, 0.2) is 0 Å². The molecule has 3 aliphatic rings. The summed E-state index contributed by atoms with van der Waals surface area (Å²) in [5.41, 5.74) is 6.14. The summed E-state index contributed by atoms with van der Waals surface area (Å²) in [6.07, 6.45) is 9.26. The minimum absolute atomic E-state index is 0.366. The van der Waals surface area contributed by atoms with Crippen molar-refractivity contribution in [1.82, 2.24) is 9.80 Å². The molecule has 0 aromatic carbocycles. The van der Waals surface area contributed by atoms with Crippen LogP contribution in [-0.4, -0.2) is 53.5 Å². The molecule has 3 saturated heterocycles. The summed E-state index contributed by atoms with van der Waals surface area (Å²) >= 11 is 0. The third-order valence-corrected chi connectivity index (χ3v) is 5.21. The summed E-state index contributed by atoms with van der Waals surface area (Å²) < 4.78 is 0. The van der Waals surface area contributed by atoms with Gasteiger partial charge in [-0.2, -0.15) is 0 Å². The predicted molar refractivity (Wildman–Crippen MR) is 75.8 cm³/mol. The highest BCUT2D eigenvalue weighted by Crippen LogP contribution is 2.33. The van der Waals surface area contributed by atoms with Gasteiger partial charge in [-0.25, -0.2) is 0 Å². The Hall–Kier alpha value is -0.610. The number of likely N-dealkylation sites (tertiary alicyclic amines) is 1. The lowest BCUT2D eigenvalue weighted by Gasteiger charge is -2.48. The molecule has 2 atom stereocenters. The number of nitrogens with zero attached hydrogens (tertiary/aromatic N) is 2. The van der Waals surface area contributed by atoms with Crippen LogP contribution < -0.4 is 5.73 Å². The molecule has 3 fully saturated rings. The maximum atomic E-state index is 12.1. The van der Waals surface area contributed by atoms with Crippen LogP contribution in [0.4, 0.5) is 0 Å². The molecule has 3 aliphatic heterocycles. The lowest BCUT2D eigenvalue weighted by Crippen LogP contribution is -2.55. The number of amides is 1. The Morgan fingerprint density at radius 1 is 1.05 bits per heavy atom. The van der Waals surface area contributed by atoms with Crippen molar-refractivity contribution in [2.75, 3.05) is 19.6 Å². The lowest BCUT2D eigenvalue weighted by molar-refractivity contribution is -0.131. The maximum absolute atomic E-state index is 12.1. The van der Waals surface area contributed by atoms with E-state index in [1.165, 1.54) is 32.1 Å². The first-order valence-corrected chi connectivity index (χ1v) is 8.03. The molecule has 0 radical (unpaired) electrons. The number of rotatable bonds is 3. The first kappa shape index (κ1) is 13.4. The first-order valence-electron chi connectivity index (χ1n) is 8.03. The Bertz CT molecular complexity index is 313. The van der Waals surface area contributed by atoms with Gasteiger partial charge in [-0.3, -0.25) is 9.69 Å². The Morgan fingerprint density at radius 2 is 1.68 bits per heavy atom. The number of hydrogen-bond acceptors (Lipinski definition) is 3. The summed E-state index contributed by atoms with van der Waals surface area (Å²) in [6, 6.07) is 1.68. The van der Waals surface area contributed by atoms with E-state index in [1.807, 2.05) is 4.90 Å². The van der Waals surface area contributed by atoms with Crippen LogP contribution in [0.1, 0.15) is 51.4 Å². The molecule has 3 rings (SSSR count). The third kappa shape index (κ3) is 2.95. The molecular formula is C15H27N3O. The second kappa shape index (κ2) is 5.80. The van der Waals surface area contributed by atoms with Gasteiger partial charge in [0.05, 0.1) is 0 Å². The monoisotopic (exact) mass is 265 g/mol. The van der Waals surface area contributed by atoms with Crippen molar-refractivity contribution in [3.63, 3.8) is 0 Å². The fourth-order valence-electron chi connectivity index (χ4n) is 4.24. The van der Waals surface area contributed by atoms with Gasteiger partial charge < -0.3 is 10.6 Å². The van der Waals surface area contributed by atoms with E-state index in [4.69, 9.17) is 5.73 Å². The second-order valence-corrected chi connectivity index (χ2v) is 6.55. The highest BCUT2D eigenvalue weighted by molar-refractivity contribution is 5.76. The smallest absolute Gasteiger partial charge is 0.223 e. The van der Waals surface area contributed by atoms with Crippen molar-refractivity contribution in [3.8, 4) is 0 Å². The number of hydrogen-bond donors (Lipinski definition) is 1. The molecular weight excluding hydrogens is 238 g/mol. The summed E-state index contributed by atoms with van der Waals surface area (Å²) in [7, 11) is 0. The van der Waals surface area contributed by atoms with Crippen molar-refractivity contribution < 1.29 is 4.79 Å². The van der Waals surface area contributed by atoms with Crippen LogP contribution in [0.25, 0.3) is 0 Å². The van der Waals surface area contributed by atoms with Crippen LogP contribution in [-0.2, 0) is 4.79 Å². The molecule has 19 heavy (non-hydrogen) atoms. The second-order valence-electron chi connectivity index (χ2n) is 6.55. The van der Waals surface area contributed by atoms with Crippen LogP contribution in [0.3, 0.4) is 0 Å². The first-order chi connectivity index (χ1) is 9.24. The van der Waals surface area contributed by atoms with E-state index in [0.29, 0.717) is 30.5 Å². The number of fused-ring (bicyclic) bond motifs is 2. The molecule has 1 amide bonds. The normalized spacial score (nSPS) is 35.6. The molecule has 4 heteroatoms. The number of carbonyl (C=O) groups is 1.